The first-order chi connectivity index (χ1) is 9.19. The van der Waals surface area contributed by atoms with Crippen LogP contribution in [-0.2, 0) is 0 Å². The molecule has 3 nitrogen and oxygen atoms in total. The summed E-state index contributed by atoms with van der Waals surface area (Å²) in [6.07, 6.45) is 6.10. The number of nitrogens with two attached hydrogens (primary N) is 1. The number of hydrogen-bond donors (Lipinski definition) is 2. The first-order valence-electron chi connectivity index (χ1n) is 7.30. The van der Waals surface area contributed by atoms with E-state index in [4.69, 9.17) is 10.5 Å². The number of ether oxygens (including phenoxy) is 1. The van der Waals surface area contributed by atoms with Crippen LogP contribution in [-0.4, -0.2) is 19.2 Å². The minimum Gasteiger partial charge on any atom is -0.495 e. The van der Waals surface area contributed by atoms with Gasteiger partial charge in [-0.15, -0.1) is 0 Å². The van der Waals surface area contributed by atoms with Crippen LogP contribution in [0.1, 0.15) is 39.0 Å². The maximum absolute atomic E-state index is 6.09. The summed E-state index contributed by atoms with van der Waals surface area (Å²) in [6, 6.07) is 8.10. The maximum Gasteiger partial charge on any atom is 0.141 e. The van der Waals surface area contributed by atoms with Crippen LogP contribution in [0.5, 0.6) is 5.75 Å². The smallest absolute Gasteiger partial charge is 0.141 e. The van der Waals surface area contributed by atoms with E-state index in [1.807, 2.05) is 18.2 Å². The Balaban J connectivity index is 2.17. The molecular formula is C16H26N2O. The zero-order valence-corrected chi connectivity index (χ0v) is 12.1. The summed E-state index contributed by atoms with van der Waals surface area (Å²) >= 11 is 0. The first kappa shape index (κ1) is 14.2. The highest BCUT2D eigenvalue weighted by Gasteiger charge is 2.31. The third-order valence-corrected chi connectivity index (χ3v) is 4.37. The largest absolute Gasteiger partial charge is 0.495 e. The number of para-hydroxylation sites is 2. The summed E-state index contributed by atoms with van der Waals surface area (Å²) in [4.78, 5) is 0. The van der Waals surface area contributed by atoms with Gasteiger partial charge in [-0.2, -0.15) is 0 Å². The monoisotopic (exact) mass is 262 g/mol. The molecule has 1 aliphatic rings. The van der Waals surface area contributed by atoms with Crippen molar-refractivity contribution in [3.8, 4) is 5.75 Å². The number of benzene rings is 1. The van der Waals surface area contributed by atoms with Crippen molar-refractivity contribution in [3.63, 3.8) is 0 Å². The average molecular weight is 262 g/mol. The molecule has 1 aromatic rings. The molecule has 3 N–H and O–H groups in total. The Hall–Kier alpha value is -1.22. The second kappa shape index (κ2) is 6.29. The summed E-state index contributed by atoms with van der Waals surface area (Å²) in [7, 11) is 1.71. The van der Waals surface area contributed by atoms with Gasteiger partial charge in [-0.25, -0.2) is 0 Å². The van der Waals surface area contributed by atoms with Gasteiger partial charge in [0.2, 0.25) is 0 Å². The molecule has 0 aromatic heterocycles. The third-order valence-electron chi connectivity index (χ3n) is 4.37. The maximum atomic E-state index is 6.09. The van der Waals surface area contributed by atoms with Gasteiger partial charge in [-0.05, 0) is 37.3 Å². The molecule has 1 saturated carbocycles. The Morgan fingerprint density at radius 2 is 2.11 bits per heavy atom. The molecule has 0 amide bonds. The number of hydrogen-bond acceptors (Lipinski definition) is 3. The molecular weight excluding hydrogens is 236 g/mol. The van der Waals surface area contributed by atoms with E-state index in [1.54, 1.807) is 7.11 Å². The van der Waals surface area contributed by atoms with Crippen LogP contribution in [0.2, 0.25) is 0 Å². The summed E-state index contributed by atoms with van der Waals surface area (Å²) < 4.78 is 5.43. The average Bonchev–Trinajstić information content (AvgIpc) is 2.62. The molecule has 2 atom stereocenters. The number of rotatable bonds is 4. The van der Waals surface area contributed by atoms with Gasteiger partial charge in [-0.1, -0.05) is 31.9 Å². The molecule has 1 fully saturated rings. The normalized spacial score (nSPS) is 27.6. The van der Waals surface area contributed by atoms with E-state index in [0.717, 1.165) is 30.2 Å². The van der Waals surface area contributed by atoms with Gasteiger partial charge in [0.25, 0.3) is 0 Å². The van der Waals surface area contributed by atoms with Crippen LogP contribution >= 0.6 is 0 Å². The van der Waals surface area contributed by atoms with Crippen LogP contribution in [0.4, 0.5) is 5.69 Å². The molecule has 3 heteroatoms. The molecule has 106 valence electrons. The van der Waals surface area contributed by atoms with Crippen molar-refractivity contribution in [2.75, 3.05) is 19.0 Å². The quantitative estimate of drug-likeness (QED) is 0.818. The second-order valence-electron chi connectivity index (χ2n) is 5.85. The lowest BCUT2D eigenvalue weighted by molar-refractivity contribution is 0.395. The fraction of sp³-hybridized carbons (Fsp3) is 0.625. The summed E-state index contributed by atoms with van der Waals surface area (Å²) in [5.41, 5.74) is 7.18. The van der Waals surface area contributed by atoms with Crippen molar-refractivity contribution < 1.29 is 4.74 Å². The van der Waals surface area contributed by atoms with Crippen molar-refractivity contribution >= 4 is 5.69 Å². The SMILES string of the molecule is COc1ccccc1NC1(CN)CCCC(C)CC1. The number of nitrogens with one attached hydrogen (secondary N) is 1. The Bertz CT molecular complexity index is 407. The van der Waals surface area contributed by atoms with Gasteiger partial charge < -0.3 is 15.8 Å². The van der Waals surface area contributed by atoms with Gasteiger partial charge in [0.05, 0.1) is 12.8 Å². The Kier molecular flexibility index (Phi) is 4.70. The second-order valence-corrected chi connectivity index (χ2v) is 5.85. The summed E-state index contributed by atoms with van der Waals surface area (Å²) in [5.74, 6) is 1.71. The molecule has 2 unspecified atom stereocenters. The van der Waals surface area contributed by atoms with E-state index in [-0.39, 0.29) is 5.54 Å². The molecule has 0 radical (unpaired) electrons. The zero-order chi connectivity index (χ0) is 13.7. The van der Waals surface area contributed by atoms with Gasteiger partial charge in [-0.3, -0.25) is 0 Å². The molecule has 19 heavy (non-hydrogen) atoms. The van der Waals surface area contributed by atoms with E-state index in [2.05, 4.69) is 18.3 Å². The standard InChI is InChI=1S/C16H26N2O/c1-13-6-5-10-16(12-17,11-9-13)18-14-7-3-4-8-15(14)19-2/h3-4,7-8,13,18H,5-6,9-12,17H2,1-2H3. The highest BCUT2D eigenvalue weighted by atomic mass is 16.5. The third kappa shape index (κ3) is 3.41. The predicted molar refractivity (Wildman–Crippen MR) is 80.7 cm³/mol. The minimum absolute atomic E-state index is 0.0272. The van der Waals surface area contributed by atoms with E-state index < -0.39 is 0 Å². The Morgan fingerprint density at radius 1 is 1.32 bits per heavy atom. The van der Waals surface area contributed by atoms with Crippen LogP contribution in [0, 0.1) is 5.92 Å². The van der Waals surface area contributed by atoms with Gasteiger partial charge in [0.1, 0.15) is 5.75 Å². The summed E-state index contributed by atoms with van der Waals surface area (Å²) in [6.45, 7) is 3.02. The Morgan fingerprint density at radius 3 is 2.84 bits per heavy atom. The first-order valence-corrected chi connectivity index (χ1v) is 7.30. The lowest BCUT2D eigenvalue weighted by Crippen LogP contribution is -2.45. The molecule has 0 bridgehead atoms. The lowest BCUT2D eigenvalue weighted by atomic mass is 9.89. The van der Waals surface area contributed by atoms with E-state index in [9.17, 15) is 0 Å². The van der Waals surface area contributed by atoms with Crippen molar-refractivity contribution in [1.82, 2.24) is 0 Å². The molecule has 0 aliphatic heterocycles. The van der Waals surface area contributed by atoms with Crippen molar-refractivity contribution in [1.29, 1.82) is 0 Å². The van der Waals surface area contributed by atoms with E-state index >= 15 is 0 Å². The number of anilines is 1. The van der Waals surface area contributed by atoms with Crippen molar-refractivity contribution in [3.05, 3.63) is 24.3 Å². The van der Waals surface area contributed by atoms with Crippen LogP contribution < -0.4 is 15.8 Å². The molecule has 1 aliphatic carbocycles. The van der Waals surface area contributed by atoms with Gasteiger partial charge in [0, 0.05) is 12.1 Å². The Labute approximate surface area is 116 Å². The van der Waals surface area contributed by atoms with E-state index in [0.29, 0.717) is 6.54 Å². The van der Waals surface area contributed by atoms with Crippen LogP contribution in [0.25, 0.3) is 0 Å². The topological polar surface area (TPSA) is 47.3 Å². The fourth-order valence-corrected chi connectivity index (χ4v) is 2.99. The van der Waals surface area contributed by atoms with Crippen molar-refractivity contribution in [2.24, 2.45) is 11.7 Å². The van der Waals surface area contributed by atoms with Gasteiger partial charge in [0.15, 0.2) is 0 Å². The molecule has 0 spiro atoms. The fourth-order valence-electron chi connectivity index (χ4n) is 2.99. The number of methoxy groups -OCH3 is 1. The highest BCUT2D eigenvalue weighted by Crippen LogP contribution is 2.35. The van der Waals surface area contributed by atoms with E-state index in [1.165, 1.54) is 19.3 Å². The van der Waals surface area contributed by atoms with Crippen LogP contribution in [0.3, 0.4) is 0 Å². The lowest BCUT2D eigenvalue weighted by Gasteiger charge is -2.34. The van der Waals surface area contributed by atoms with Gasteiger partial charge >= 0.3 is 0 Å². The predicted octanol–water partition coefficient (Wildman–Crippen LogP) is 3.40. The highest BCUT2D eigenvalue weighted by molar-refractivity contribution is 5.57. The molecule has 1 aromatic carbocycles. The van der Waals surface area contributed by atoms with Crippen molar-refractivity contribution in [2.45, 2.75) is 44.6 Å². The molecule has 0 heterocycles. The zero-order valence-electron chi connectivity index (χ0n) is 12.1. The van der Waals surface area contributed by atoms with Crippen LogP contribution in [0.15, 0.2) is 24.3 Å². The summed E-state index contributed by atoms with van der Waals surface area (Å²) in [5, 5.41) is 3.67. The molecule has 0 saturated heterocycles. The minimum atomic E-state index is 0.0272. The molecule has 2 rings (SSSR count).